The molecule has 2 aromatic carbocycles. The van der Waals surface area contributed by atoms with Crippen LogP contribution in [0.15, 0.2) is 57.5 Å². The molecule has 2 unspecified atom stereocenters. The van der Waals surface area contributed by atoms with E-state index in [0.29, 0.717) is 0 Å². The summed E-state index contributed by atoms with van der Waals surface area (Å²) in [5, 5.41) is 3.73. The quantitative estimate of drug-likeness (QED) is 0.350. The molecule has 0 bridgehead atoms. The van der Waals surface area contributed by atoms with E-state index in [1.54, 1.807) is 0 Å². The van der Waals surface area contributed by atoms with Crippen LogP contribution in [0.5, 0.6) is 0 Å². The lowest BCUT2D eigenvalue weighted by atomic mass is 9.58. The molecule has 2 saturated heterocycles. The normalized spacial score (nSPS) is 27.6. The summed E-state index contributed by atoms with van der Waals surface area (Å²) < 4.78 is 2.06. The van der Waals surface area contributed by atoms with E-state index in [0.717, 1.165) is 71.4 Å². The van der Waals surface area contributed by atoms with Crippen LogP contribution in [0.2, 0.25) is 0 Å². The standard InChI is InChI=1S/C28H30Br2N2O2/c29-21-11-7-19(8-12-21)23-27(15-3-1-4-16-27)25(33)31(23)32-24(20-9-13-22(30)14-10-20)28(26(32)34)17-5-2-6-18-28/h7-14,23-24H,1-6,15-18H2. The van der Waals surface area contributed by atoms with Crippen molar-refractivity contribution < 1.29 is 9.59 Å². The molecule has 2 aliphatic heterocycles. The number of halogens is 2. The van der Waals surface area contributed by atoms with E-state index in [9.17, 15) is 9.59 Å². The van der Waals surface area contributed by atoms with Gasteiger partial charge in [-0.2, -0.15) is 0 Å². The number of hydrazine groups is 1. The number of amides is 2. The van der Waals surface area contributed by atoms with Crippen LogP contribution in [0.25, 0.3) is 0 Å². The Kier molecular flexibility index (Phi) is 5.68. The summed E-state index contributed by atoms with van der Waals surface area (Å²) in [5.74, 6) is 0.308. The third kappa shape index (κ3) is 3.20. The molecule has 2 amide bonds. The molecule has 0 radical (unpaired) electrons. The highest BCUT2D eigenvalue weighted by atomic mass is 79.9. The number of hydrogen-bond acceptors (Lipinski definition) is 2. The first-order valence-electron chi connectivity index (χ1n) is 12.7. The second-order valence-corrected chi connectivity index (χ2v) is 12.5. The Hall–Kier alpha value is -1.66. The van der Waals surface area contributed by atoms with Gasteiger partial charge in [0.1, 0.15) is 0 Å². The van der Waals surface area contributed by atoms with E-state index in [1.165, 1.54) is 12.8 Å². The predicted molar refractivity (Wildman–Crippen MR) is 138 cm³/mol. The number of benzene rings is 2. The van der Waals surface area contributed by atoms with Gasteiger partial charge in [-0.25, -0.2) is 10.0 Å². The Morgan fingerprint density at radius 1 is 0.559 bits per heavy atom. The van der Waals surface area contributed by atoms with Crippen molar-refractivity contribution in [2.45, 2.75) is 76.3 Å². The van der Waals surface area contributed by atoms with Gasteiger partial charge in [-0.1, -0.05) is 94.7 Å². The molecular formula is C28H30Br2N2O2. The number of hydrogen-bond donors (Lipinski definition) is 0. The van der Waals surface area contributed by atoms with Gasteiger partial charge in [-0.15, -0.1) is 0 Å². The molecule has 6 rings (SSSR count). The molecule has 4 aliphatic rings. The van der Waals surface area contributed by atoms with Crippen LogP contribution in [0, 0.1) is 10.8 Å². The first kappa shape index (κ1) is 22.8. The fourth-order valence-electron chi connectivity index (χ4n) is 7.26. The smallest absolute Gasteiger partial charge is 0.250 e. The fourth-order valence-corrected chi connectivity index (χ4v) is 7.78. The first-order chi connectivity index (χ1) is 16.5. The fraction of sp³-hybridized carbons (Fsp3) is 0.500. The number of carbonyl (C=O) groups excluding carboxylic acids is 2. The molecule has 2 heterocycles. The maximum absolute atomic E-state index is 14.0. The molecule has 178 valence electrons. The minimum absolute atomic E-state index is 0.0729. The molecule has 0 aromatic heterocycles. The van der Waals surface area contributed by atoms with Crippen molar-refractivity contribution in [1.29, 1.82) is 0 Å². The zero-order valence-corrected chi connectivity index (χ0v) is 22.5. The SMILES string of the molecule is O=C1N(N2C(=O)C3(CCCCC3)C2c2ccc(Br)cc2)C(c2ccc(Br)cc2)C12CCCCC2. The van der Waals surface area contributed by atoms with Crippen LogP contribution in [0.4, 0.5) is 0 Å². The molecule has 6 heteroatoms. The van der Waals surface area contributed by atoms with E-state index in [2.05, 4.69) is 80.4 Å². The summed E-state index contributed by atoms with van der Waals surface area (Å²) in [6, 6.07) is 16.6. The second kappa shape index (κ2) is 8.48. The third-order valence-corrected chi connectivity index (χ3v) is 9.96. The maximum atomic E-state index is 14.0. The minimum Gasteiger partial charge on any atom is -0.272 e. The number of carbonyl (C=O) groups is 2. The van der Waals surface area contributed by atoms with Crippen molar-refractivity contribution >= 4 is 43.7 Å². The summed E-state index contributed by atoms with van der Waals surface area (Å²) in [4.78, 5) is 28.0. The highest BCUT2D eigenvalue weighted by molar-refractivity contribution is 9.10. The lowest BCUT2D eigenvalue weighted by molar-refractivity contribution is -0.264. The number of β-lactam (4-membered cyclic amide) rings is 2. The Morgan fingerprint density at radius 2 is 0.882 bits per heavy atom. The van der Waals surface area contributed by atoms with E-state index < -0.39 is 0 Å². The van der Waals surface area contributed by atoms with Crippen molar-refractivity contribution in [1.82, 2.24) is 10.0 Å². The Bertz CT molecular complexity index is 1010. The van der Waals surface area contributed by atoms with E-state index >= 15 is 0 Å². The van der Waals surface area contributed by atoms with Crippen LogP contribution in [-0.2, 0) is 9.59 Å². The zero-order chi connectivity index (χ0) is 23.5. The van der Waals surface area contributed by atoms with Crippen molar-refractivity contribution in [3.05, 3.63) is 68.6 Å². The van der Waals surface area contributed by atoms with Crippen LogP contribution in [0.3, 0.4) is 0 Å². The summed E-state index contributed by atoms with van der Waals surface area (Å²) in [7, 11) is 0. The summed E-state index contributed by atoms with van der Waals surface area (Å²) >= 11 is 7.11. The first-order valence-corrected chi connectivity index (χ1v) is 14.2. The Morgan fingerprint density at radius 3 is 1.21 bits per heavy atom. The largest absolute Gasteiger partial charge is 0.272 e. The Balaban J connectivity index is 1.43. The van der Waals surface area contributed by atoms with Gasteiger partial charge >= 0.3 is 0 Å². The molecule has 2 aliphatic carbocycles. The van der Waals surface area contributed by atoms with Gasteiger partial charge < -0.3 is 0 Å². The van der Waals surface area contributed by atoms with Gasteiger partial charge in [0.25, 0.3) is 11.8 Å². The molecular weight excluding hydrogens is 556 g/mol. The van der Waals surface area contributed by atoms with Crippen molar-refractivity contribution in [2.75, 3.05) is 0 Å². The molecule has 34 heavy (non-hydrogen) atoms. The van der Waals surface area contributed by atoms with E-state index in [4.69, 9.17) is 0 Å². The lowest BCUT2D eigenvalue weighted by Gasteiger charge is -2.68. The van der Waals surface area contributed by atoms with E-state index in [1.807, 2.05) is 10.0 Å². The molecule has 2 atom stereocenters. The van der Waals surface area contributed by atoms with Crippen LogP contribution in [0.1, 0.15) is 87.4 Å². The average molecular weight is 586 g/mol. The topological polar surface area (TPSA) is 40.6 Å². The van der Waals surface area contributed by atoms with Crippen molar-refractivity contribution in [2.24, 2.45) is 10.8 Å². The maximum Gasteiger partial charge on any atom is 0.250 e. The van der Waals surface area contributed by atoms with Gasteiger partial charge in [0, 0.05) is 8.95 Å². The van der Waals surface area contributed by atoms with Crippen LogP contribution < -0.4 is 0 Å². The monoisotopic (exact) mass is 584 g/mol. The van der Waals surface area contributed by atoms with E-state index in [-0.39, 0.29) is 34.7 Å². The average Bonchev–Trinajstić information content (AvgIpc) is 2.88. The van der Waals surface area contributed by atoms with Gasteiger partial charge in [0.15, 0.2) is 0 Å². The highest BCUT2D eigenvalue weighted by Crippen LogP contribution is 2.65. The predicted octanol–water partition coefficient (Wildman–Crippen LogP) is 7.49. The zero-order valence-electron chi connectivity index (χ0n) is 19.3. The molecule has 0 N–H and O–H groups in total. The summed E-state index contributed by atoms with van der Waals surface area (Å²) in [6.07, 6.45) is 10.4. The summed E-state index contributed by atoms with van der Waals surface area (Å²) in [5.41, 5.74) is 1.53. The number of nitrogens with zero attached hydrogens (tertiary/aromatic N) is 2. The number of rotatable bonds is 3. The van der Waals surface area contributed by atoms with Gasteiger partial charge in [-0.3, -0.25) is 9.59 Å². The minimum atomic E-state index is -0.369. The molecule has 2 spiro atoms. The van der Waals surface area contributed by atoms with Gasteiger partial charge in [0.05, 0.1) is 22.9 Å². The van der Waals surface area contributed by atoms with Crippen molar-refractivity contribution in [3.8, 4) is 0 Å². The van der Waals surface area contributed by atoms with Crippen molar-refractivity contribution in [3.63, 3.8) is 0 Å². The van der Waals surface area contributed by atoms with Crippen LogP contribution in [-0.4, -0.2) is 21.8 Å². The lowest BCUT2D eigenvalue weighted by Crippen LogP contribution is -2.77. The molecule has 2 aromatic rings. The highest BCUT2D eigenvalue weighted by Gasteiger charge is 2.71. The summed E-state index contributed by atoms with van der Waals surface area (Å²) in [6.45, 7) is 0. The van der Waals surface area contributed by atoms with Gasteiger partial charge in [-0.05, 0) is 61.1 Å². The van der Waals surface area contributed by atoms with Gasteiger partial charge in [0.2, 0.25) is 0 Å². The molecule has 2 saturated carbocycles. The van der Waals surface area contributed by atoms with Crippen LogP contribution >= 0.6 is 31.9 Å². The molecule has 4 nitrogen and oxygen atoms in total. The third-order valence-electron chi connectivity index (χ3n) is 8.90. The second-order valence-electron chi connectivity index (χ2n) is 10.6. The Labute approximate surface area is 218 Å². The molecule has 4 fully saturated rings.